The summed E-state index contributed by atoms with van der Waals surface area (Å²) in [5.74, 6) is 0. The molecule has 21 heavy (non-hydrogen) atoms. The number of H-pyrrole nitrogens is 1. The molecule has 3 aromatic rings. The molecule has 2 aromatic carbocycles. The van der Waals surface area contributed by atoms with E-state index in [2.05, 4.69) is 54.9 Å². The summed E-state index contributed by atoms with van der Waals surface area (Å²) in [6.07, 6.45) is 5.80. The first-order valence-electron chi connectivity index (χ1n) is 6.60. The maximum atomic E-state index is 3.72. The molecule has 0 spiro atoms. The van der Waals surface area contributed by atoms with Crippen LogP contribution in [0.25, 0.3) is 28.1 Å². The van der Waals surface area contributed by atoms with Gasteiger partial charge in [0.15, 0.2) is 0 Å². The van der Waals surface area contributed by atoms with Gasteiger partial charge in [-0.25, -0.2) is 5.56 Å². The van der Waals surface area contributed by atoms with Crippen molar-refractivity contribution in [2.24, 2.45) is 0 Å². The normalized spacial score (nSPS) is 10.7. The molecule has 101 valence electrons. The number of aromatic amines is 1. The molecule has 0 aliphatic heterocycles. The number of nitrogens with one attached hydrogen (secondary N) is 1. The Morgan fingerprint density at radius 2 is 2.00 bits per heavy atom. The molecular formula is C19H15NY-2. The van der Waals surface area contributed by atoms with E-state index in [0.29, 0.717) is 0 Å². The summed E-state index contributed by atoms with van der Waals surface area (Å²) in [6, 6.07) is 18.9. The Kier molecular flexibility index (Phi) is 5.33. The summed E-state index contributed by atoms with van der Waals surface area (Å²) in [4.78, 5) is 3.39. The van der Waals surface area contributed by atoms with E-state index < -0.39 is 0 Å². The molecular weight excluding hydrogens is 331 g/mol. The Hall–Kier alpha value is -1.44. The number of allylic oxidation sites excluding steroid dienone is 2. The van der Waals surface area contributed by atoms with Crippen molar-refractivity contribution in [3.63, 3.8) is 0 Å². The van der Waals surface area contributed by atoms with Gasteiger partial charge in [0.25, 0.3) is 0 Å². The maximum absolute atomic E-state index is 3.72. The van der Waals surface area contributed by atoms with Gasteiger partial charge < -0.3 is 4.98 Å². The molecule has 0 unspecified atom stereocenters. The minimum absolute atomic E-state index is 0. The SMILES string of the molecule is C=C/C=C\c1c(C)[nH]c2ccc(-c3[c-]cccc3)[c-]c12.[Y]. The van der Waals surface area contributed by atoms with Crippen LogP contribution in [0.5, 0.6) is 0 Å². The van der Waals surface area contributed by atoms with E-state index in [4.69, 9.17) is 0 Å². The monoisotopic (exact) mass is 346 g/mol. The molecule has 0 atom stereocenters. The van der Waals surface area contributed by atoms with Crippen molar-refractivity contribution in [2.75, 3.05) is 0 Å². The molecule has 0 amide bonds. The van der Waals surface area contributed by atoms with E-state index in [1.54, 1.807) is 6.08 Å². The number of fused-ring (bicyclic) bond motifs is 1. The summed E-state index contributed by atoms with van der Waals surface area (Å²) >= 11 is 0. The van der Waals surface area contributed by atoms with Crippen LogP contribution < -0.4 is 0 Å². The van der Waals surface area contributed by atoms with E-state index in [1.807, 2.05) is 24.3 Å². The summed E-state index contributed by atoms with van der Waals surface area (Å²) in [7, 11) is 0. The van der Waals surface area contributed by atoms with Gasteiger partial charge >= 0.3 is 0 Å². The first-order chi connectivity index (χ1) is 9.79. The molecule has 1 nitrogen and oxygen atoms in total. The van der Waals surface area contributed by atoms with Crippen molar-refractivity contribution in [1.29, 1.82) is 0 Å². The van der Waals surface area contributed by atoms with Gasteiger partial charge in [-0.15, -0.1) is 17.5 Å². The molecule has 1 heterocycles. The Morgan fingerprint density at radius 1 is 1.14 bits per heavy atom. The van der Waals surface area contributed by atoms with Crippen LogP contribution in [0.3, 0.4) is 0 Å². The molecule has 0 saturated carbocycles. The summed E-state index contributed by atoms with van der Waals surface area (Å²) < 4.78 is 0. The van der Waals surface area contributed by atoms with E-state index in [9.17, 15) is 0 Å². The van der Waals surface area contributed by atoms with Crippen LogP contribution >= 0.6 is 0 Å². The van der Waals surface area contributed by atoms with E-state index in [-0.39, 0.29) is 32.7 Å². The average molecular weight is 346 g/mol. The molecule has 3 rings (SSSR count). The third kappa shape index (κ3) is 3.25. The van der Waals surface area contributed by atoms with Crippen molar-refractivity contribution in [2.45, 2.75) is 6.92 Å². The number of aryl methyl sites for hydroxylation is 1. The summed E-state index contributed by atoms with van der Waals surface area (Å²) in [5.41, 5.74) is 5.53. The molecule has 0 saturated heterocycles. The maximum Gasteiger partial charge on any atom is 0 e. The number of hydrogen-bond acceptors (Lipinski definition) is 0. The predicted molar refractivity (Wildman–Crippen MR) is 85.4 cm³/mol. The van der Waals surface area contributed by atoms with Crippen molar-refractivity contribution < 1.29 is 32.7 Å². The van der Waals surface area contributed by atoms with Gasteiger partial charge in [0.05, 0.1) is 0 Å². The van der Waals surface area contributed by atoms with Crippen molar-refractivity contribution in [1.82, 2.24) is 4.98 Å². The molecule has 0 aliphatic rings. The second-order valence-corrected chi connectivity index (χ2v) is 4.70. The molecule has 1 aromatic heterocycles. The van der Waals surface area contributed by atoms with E-state index in [0.717, 1.165) is 33.3 Å². The number of rotatable bonds is 3. The third-order valence-corrected chi connectivity index (χ3v) is 3.34. The molecule has 1 radical (unpaired) electrons. The van der Waals surface area contributed by atoms with Crippen LogP contribution in [0, 0.1) is 19.1 Å². The molecule has 1 N–H and O–H groups in total. The predicted octanol–water partition coefficient (Wildman–Crippen LogP) is 4.94. The van der Waals surface area contributed by atoms with Gasteiger partial charge in [-0.1, -0.05) is 30.4 Å². The van der Waals surface area contributed by atoms with Crippen LogP contribution in [0.4, 0.5) is 0 Å². The fraction of sp³-hybridized carbons (Fsp3) is 0.0526. The van der Waals surface area contributed by atoms with Crippen molar-refractivity contribution in [3.05, 3.63) is 78.5 Å². The van der Waals surface area contributed by atoms with E-state index in [1.165, 1.54) is 0 Å². The Labute approximate surface area is 150 Å². The van der Waals surface area contributed by atoms with Crippen LogP contribution in [0.1, 0.15) is 11.3 Å². The number of aromatic nitrogens is 1. The first-order valence-corrected chi connectivity index (χ1v) is 6.60. The smallest absolute Gasteiger partial charge is 0 e. The fourth-order valence-electron chi connectivity index (χ4n) is 2.36. The number of hydrogen-bond donors (Lipinski definition) is 1. The minimum atomic E-state index is 0. The van der Waals surface area contributed by atoms with Gasteiger partial charge in [0.2, 0.25) is 0 Å². The second-order valence-electron chi connectivity index (χ2n) is 4.70. The third-order valence-electron chi connectivity index (χ3n) is 3.34. The Balaban J connectivity index is 0.00000161. The Morgan fingerprint density at radius 3 is 2.71 bits per heavy atom. The standard InChI is InChI=1S/C19H15N.Y/c1-3-4-10-17-14(2)20-19-12-11-16(13-18(17)19)15-8-6-5-7-9-15;/h3-8,10-12,20H,1H2,2H3;/q-2;/b10-4-;. The van der Waals surface area contributed by atoms with Crippen LogP contribution in [-0.2, 0) is 32.7 Å². The van der Waals surface area contributed by atoms with Gasteiger partial charge in [-0.05, 0) is 18.1 Å². The topological polar surface area (TPSA) is 15.8 Å². The molecule has 0 bridgehead atoms. The molecule has 2 heteroatoms. The zero-order valence-electron chi connectivity index (χ0n) is 12.0. The molecule has 0 fully saturated rings. The summed E-state index contributed by atoms with van der Waals surface area (Å²) in [5, 5.41) is 1.11. The minimum Gasteiger partial charge on any atom is -0.397 e. The number of benzene rings is 2. The van der Waals surface area contributed by atoms with Crippen LogP contribution in [0.15, 0.2) is 55.1 Å². The second kappa shape index (κ2) is 7.02. The Bertz CT molecular complexity index is 782. The average Bonchev–Trinajstić information content (AvgIpc) is 2.80. The van der Waals surface area contributed by atoms with E-state index >= 15 is 0 Å². The fourth-order valence-corrected chi connectivity index (χ4v) is 2.36. The zero-order valence-corrected chi connectivity index (χ0v) is 14.8. The van der Waals surface area contributed by atoms with Crippen LogP contribution in [-0.4, -0.2) is 4.98 Å². The van der Waals surface area contributed by atoms with Gasteiger partial charge in [0, 0.05) is 32.7 Å². The largest absolute Gasteiger partial charge is 0.397 e. The van der Waals surface area contributed by atoms with Crippen molar-refractivity contribution in [3.8, 4) is 11.1 Å². The van der Waals surface area contributed by atoms with Crippen molar-refractivity contribution >= 4 is 17.0 Å². The van der Waals surface area contributed by atoms with Gasteiger partial charge in [-0.2, -0.15) is 42.0 Å². The summed E-state index contributed by atoms with van der Waals surface area (Å²) in [6.45, 7) is 5.80. The van der Waals surface area contributed by atoms with Gasteiger partial charge in [-0.3, -0.25) is 0 Å². The van der Waals surface area contributed by atoms with Crippen LogP contribution in [0.2, 0.25) is 0 Å². The van der Waals surface area contributed by atoms with Gasteiger partial charge in [0.1, 0.15) is 0 Å². The molecule has 0 aliphatic carbocycles. The first kappa shape index (κ1) is 15.9. The quantitative estimate of drug-likeness (QED) is 0.511. The zero-order chi connectivity index (χ0) is 13.9.